The van der Waals surface area contributed by atoms with E-state index in [1.165, 1.54) is 5.56 Å². The average molecular weight is 378 g/mol. The van der Waals surface area contributed by atoms with Crippen LogP contribution in [0.25, 0.3) is 0 Å². The maximum atomic E-state index is 13.0. The van der Waals surface area contributed by atoms with E-state index in [0.717, 1.165) is 36.1 Å². The van der Waals surface area contributed by atoms with E-state index in [-0.39, 0.29) is 18.7 Å². The number of rotatable bonds is 5. The number of hydrogen-bond donors (Lipinski definition) is 2. The Labute approximate surface area is 163 Å². The second-order valence-corrected chi connectivity index (χ2v) is 7.53. The molecular formula is C22H22N2O4. The molecule has 4 rings (SSSR count). The molecule has 144 valence electrons. The average Bonchev–Trinajstić information content (AvgIpc) is 2.89. The number of Topliss-reactive ketones (excluding diaryl/α,β-unsaturated/α-hetero) is 1. The fraction of sp³-hybridized carbons (Fsp3) is 0.318. The summed E-state index contributed by atoms with van der Waals surface area (Å²) in [6, 6.07) is 12.3. The fourth-order valence-electron chi connectivity index (χ4n) is 4.23. The molecule has 1 atom stereocenters. The molecule has 0 fully saturated rings. The van der Waals surface area contributed by atoms with E-state index >= 15 is 0 Å². The molecule has 0 saturated carbocycles. The van der Waals surface area contributed by atoms with Gasteiger partial charge in [0, 0.05) is 11.1 Å². The number of aryl methyl sites for hydroxylation is 2. The molecule has 0 aromatic heterocycles. The number of hydrogen-bond acceptors (Lipinski definition) is 4. The van der Waals surface area contributed by atoms with Crippen molar-refractivity contribution in [3.63, 3.8) is 0 Å². The third kappa shape index (κ3) is 2.99. The van der Waals surface area contributed by atoms with E-state index in [0.29, 0.717) is 16.8 Å². The first-order chi connectivity index (χ1) is 13.4. The molecule has 1 aliphatic carbocycles. The molecule has 2 aliphatic rings. The molecule has 0 spiro atoms. The van der Waals surface area contributed by atoms with Crippen LogP contribution in [0, 0.1) is 0 Å². The normalized spacial score (nSPS) is 20.6. The molecule has 2 aromatic rings. The molecule has 2 amide bonds. The molecule has 2 aromatic carbocycles. The Hall–Kier alpha value is -2.99. The molecule has 0 saturated heterocycles. The van der Waals surface area contributed by atoms with Gasteiger partial charge in [-0.3, -0.25) is 19.3 Å². The lowest BCUT2D eigenvalue weighted by molar-refractivity contribution is -0.136. The molecule has 0 radical (unpaired) electrons. The van der Waals surface area contributed by atoms with Gasteiger partial charge in [0.05, 0.1) is 12.1 Å². The minimum atomic E-state index is -2.00. The van der Waals surface area contributed by atoms with Crippen molar-refractivity contribution in [3.05, 3.63) is 64.7 Å². The van der Waals surface area contributed by atoms with Crippen molar-refractivity contribution in [2.45, 2.75) is 37.7 Å². The van der Waals surface area contributed by atoms with Gasteiger partial charge in [-0.2, -0.15) is 0 Å². The van der Waals surface area contributed by atoms with Crippen LogP contribution in [-0.2, 0) is 28.0 Å². The van der Waals surface area contributed by atoms with Crippen molar-refractivity contribution < 1.29 is 19.5 Å². The Balaban J connectivity index is 1.66. The lowest BCUT2D eigenvalue weighted by atomic mass is 9.85. The Morgan fingerprint density at radius 1 is 1.07 bits per heavy atom. The Morgan fingerprint density at radius 2 is 1.79 bits per heavy atom. The third-order valence-corrected chi connectivity index (χ3v) is 5.64. The van der Waals surface area contributed by atoms with Crippen LogP contribution >= 0.6 is 0 Å². The maximum Gasteiger partial charge on any atom is 0.264 e. The summed E-state index contributed by atoms with van der Waals surface area (Å²) >= 11 is 0. The second-order valence-electron chi connectivity index (χ2n) is 7.53. The zero-order valence-corrected chi connectivity index (χ0v) is 15.5. The predicted octanol–water partition coefficient (Wildman–Crippen LogP) is 1.86. The summed E-state index contributed by atoms with van der Waals surface area (Å²) in [5.41, 5.74) is 6.91. The minimum absolute atomic E-state index is 0.306. The zero-order chi connectivity index (χ0) is 19.9. The number of primary amides is 1. The van der Waals surface area contributed by atoms with Crippen LogP contribution in [0.3, 0.4) is 0 Å². The lowest BCUT2D eigenvalue weighted by Crippen LogP contribution is -2.44. The van der Waals surface area contributed by atoms with Crippen LogP contribution < -0.4 is 10.6 Å². The summed E-state index contributed by atoms with van der Waals surface area (Å²) in [5.74, 6) is -1.69. The van der Waals surface area contributed by atoms with Crippen molar-refractivity contribution in [1.29, 1.82) is 0 Å². The van der Waals surface area contributed by atoms with E-state index in [1.807, 2.05) is 12.1 Å². The quantitative estimate of drug-likeness (QED) is 0.776. The summed E-state index contributed by atoms with van der Waals surface area (Å²) in [5, 5.41) is 11.2. The monoisotopic (exact) mass is 378 g/mol. The number of anilines is 1. The van der Waals surface area contributed by atoms with Gasteiger partial charge < -0.3 is 10.8 Å². The lowest BCUT2D eigenvalue weighted by Gasteiger charge is -2.22. The Kier molecular flexibility index (Phi) is 4.51. The Bertz CT molecular complexity index is 984. The van der Waals surface area contributed by atoms with E-state index in [2.05, 4.69) is 0 Å². The smallest absolute Gasteiger partial charge is 0.264 e. The number of carbonyl (C=O) groups excluding carboxylic acids is 3. The predicted molar refractivity (Wildman–Crippen MR) is 104 cm³/mol. The SMILES string of the molecule is NC(=O)CN1C(=O)[C@](O)(CC(=O)c2ccc3c(c2)CCCC3)c2ccccc21. The molecule has 1 heterocycles. The van der Waals surface area contributed by atoms with Crippen molar-refractivity contribution in [3.8, 4) is 0 Å². The number of aliphatic hydroxyl groups is 1. The summed E-state index contributed by atoms with van der Waals surface area (Å²) < 4.78 is 0. The van der Waals surface area contributed by atoms with Crippen LogP contribution in [0.2, 0.25) is 0 Å². The van der Waals surface area contributed by atoms with Gasteiger partial charge in [0.1, 0.15) is 6.54 Å². The van der Waals surface area contributed by atoms with Gasteiger partial charge >= 0.3 is 0 Å². The number of ketones is 1. The van der Waals surface area contributed by atoms with Gasteiger partial charge in [0.25, 0.3) is 5.91 Å². The molecular weight excluding hydrogens is 356 g/mol. The van der Waals surface area contributed by atoms with Gasteiger partial charge in [-0.25, -0.2) is 0 Å². The van der Waals surface area contributed by atoms with Gasteiger partial charge in [0.2, 0.25) is 5.91 Å². The standard InChI is InChI=1S/C22H22N2O4/c23-20(26)13-24-18-8-4-3-7-17(18)22(28,21(24)27)12-19(25)16-10-9-14-5-1-2-6-15(14)11-16/h3-4,7-11,28H,1-2,5-6,12-13H2,(H2,23,26)/t22-/m0/s1. The second kappa shape index (κ2) is 6.87. The fourth-order valence-corrected chi connectivity index (χ4v) is 4.23. The number of nitrogens with zero attached hydrogens (tertiary/aromatic N) is 1. The highest BCUT2D eigenvalue weighted by Crippen LogP contribution is 2.42. The van der Waals surface area contributed by atoms with E-state index in [9.17, 15) is 19.5 Å². The first-order valence-electron chi connectivity index (χ1n) is 9.47. The van der Waals surface area contributed by atoms with Gasteiger partial charge in [-0.1, -0.05) is 30.3 Å². The van der Waals surface area contributed by atoms with E-state index in [1.54, 1.807) is 30.3 Å². The summed E-state index contributed by atoms with van der Waals surface area (Å²) in [4.78, 5) is 38.4. The first-order valence-corrected chi connectivity index (χ1v) is 9.47. The number of para-hydroxylation sites is 1. The summed E-state index contributed by atoms with van der Waals surface area (Å²) in [6.45, 7) is -0.342. The van der Waals surface area contributed by atoms with Crippen molar-refractivity contribution in [2.24, 2.45) is 5.73 Å². The largest absolute Gasteiger partial charge is 0.375 e. The van der Waals surface area contributed by atoms with Crippen LogP contribution in [0.1, 0.15) is 46.3 Å². The molecule has 28 heavy (non-hydrogen) atoms. The number of nitrogens with two attached hydrogens (primary N) is 1. The highest BCUT2D eigenvalue weighted by Gasteiger charge is 2.51. The van der Waals surface area contributed by atoms with Crippen molar-refractivity contribution in [1.82, 2.24) is 0 Å². The molecule has 0 unspecified atom stereocenters. The number of carbonyl (C=O) groups is 3. The number of fused-ring (bicyclic) bond motifs is 2. The van der Waals surface area contributed by atoms with E-state index < -0.39 is 17.4 Å². The maximum absolute atomic E-state index is 13.0. The molecule has 3 N–H and O–H groups in total. The van der Waals surface area contributed by atoms with Gasteiger partial charge in [-0.05, 0) is 48.9 Å². The summed E-state index contributed by atoms with van der Waals surface area (Å²) in [6.07, 6.45) is 3.83. The molecule has 6 heteroatoms. The highest BCUT2D eigenvalue weighted by molar-refractivity contribution is 6.12. The zero-order valence-electron chi connectivity index (χ0n) is 15.5. The van der Waals surface area contributed by atoms with Crippen molar-refractivity contribution in [2.75, 3.05) is 11.4 Å². The van der Waals surface area contributed by atoms with Crippen molar-refractivity contribution >= 4 is 23.3 Å². The number of benzene rings is 2. The number of amides is 2. The molecule has 1 aliphatic heterocycles. The van der Waals surface area contributed by atoms with Crippen LogP contribution in [0.15, 0.2) is 42.5 Å². The Morgan fingerprint density at radius 3 is 2.54 bits per heavy atom. The van der Waals surface area contributed by atoms with Crippen LogP contribution in [0.4, 0.5) is 5.69 Å². The van der Waals surface area contributed by atoms with Gasteiger partial charge in [0.15, 0.2) is 11.4 Å². The minimum Gasteiger partial charge on any atom is -0.375 e. The van der Waals surface area contributed by atoms with Gasteiger partial charge in [-0.15, -0.1) is 0 Å². The first kappa shape index (κ1) is 18.4. The van der Waals surface area contributed by atoms with Crippen LogP contribution in [-0.4, -0.2) is 29.2 Å². The molecule has 6 nitrogen and oxygen atoms in total. The highest BCUT2D eigenvalue weighted by atomic mass is 16.3. The van der Waals surface area contributed by atoms with E-state index in [4.69, 9.17) is 5.73 Å². The summed E-state index contributed by atoms with van der Waals surface area (Å²) in [7, 11) is 0. The third-order valence-electron chi connectivity index (χ3n) is 5.64. The van der Waals surface area contributed by atoms with Crippen LogP contribution in [0.5, 0.6) is 0 Å². The molecule has 0 bridgehead atoms. The topological polar surface area (TPSA) is 101 Å².